The number of methoxy groups -OCH3 is 1. The Bertz CT molecular complexity index is 1010. The number of H-pyrrole nitrogens is 1. The first-order valence-electron chi connectivity index (χ1n) is 9.64. The molecule has 7 nitrogen and oxygen atoms in total. The van der Waals surface area contributed by atoms with Crippen LogP contribution in [-0.2, 0) is 16.0 Å². The third-order valence-electron chi connectivity index (χ3n) is 5.12. The summed E-state index contributed by atoms with van der Waals surface area (Å²) >= 11 is 0. The highest BCUT2D eigenvalue weighted by molar-refractivity contribution is 5.88. The van der Waals surface area contributed by atoms with Crippen molar-refractivity contribution in [3.05, 3.63) is 75.5 Å². The summed E-state index contributed by atoms with van der Waals surface area (Å²) in [6.45, 7) is 2.89. The minimum atomic E-state index is -0.444. The summed E-state index contributed by atoms with van der Waals surface area (Å²) in [6, 6.07) is 12.6. The van der Waals surface area contributed by atoms with Gasteiger partial charge in [-0.25, -0.2) is 0 Å². The number of aromatic amines is 1. The van der Waals surface area contributed by atoms with Crippen LogP contribution in [0, 0.1) is 10.1 Å². The van der Waals surface area contributed by atoms with Crippen molar-refractivity contribution in [1.29, 1.82) is 0 Å². The molecule has 0 spiro atoms. The minimum absolute atomic E-state index is 0.0168. The number of aryl methyl sites for hydroxylation is 1. The Labute approximate surface area is 169 Å². The summed E-state index contributed by atoms with van der Waals surface area (Å²) in [4.78, 5) is 27.1. The van der Waals surface area contributed by atoms with E-state index in [0.29, 0.717) is 18.7 Å². The Morgan fingerprint density at radius 3 is 2.72 bits per heavy atom. The maximum atomic E-state index is 12.6. The van der Waals surface area contributed by atoms with Gasteiger partial charge in [0, 0.05) is 54.7 Å². The molecule has 1 heterocycles. The van der Waals surface area contributed by atoms with E-state index in [9.17, 15) is 14.9 Å². The van der Waals surface area contributed by atoms with Gasteiger partial charge < -0.3 is 15.0 Å². The van der Waals surface area contributed by atoms with E-state index in [1.54, 1.807) is 25.3 Å². The second kappa shape index (κ2) is 9.34. The highest BCUT2D eigenvalue weighted by Crippen LogP contribution is 2.38. The number of ether oxygens (including phenoxy) is 1. The van der Waals surface area contributed by atoms with Crippen molar-refractivity contribution in [2.24, 2.45) is 0 Å². The molecule has 1 atom stereocenters. The standard InChI is InChI=1S/C22H25N3O4/c1-3-15-7-6-9-17-19(14-24-22(15)17)18(13-21(26)23-11-12-29-2)16-8-4-5-10-20(16)25(27)28/h4-10,14,18,24H,3,11-13H2,1-2H3,(H,23,26)/t18-/m0/s1. The number of benzene rings is 2. The van der Waals surface area contributed by atoms with E-state index in [-0.39, 0.29) is 18.0 Å². The second-order valence-corrected chi connectivity index (χ2v) is 6.85. The summed E-state index contributed by atoms with van der Waals surface area (Å²) in [5.74, 6) is -0.619. The smallest absolute Gasteiger partial charge is 0.273 e. The lowest BCUT2D eigenvalue weighted by Crippen LogP contribution is -2.28. The molecule has 0 radical (unpaired) electrons. The van der Waals surface area contributed by atoms with Crippen LogP contribution in [0.4, 0.5) is 5.69 Å². The van der Waals surface area contributed by atoms with E-state index < -0.39 is 10.8 Å². The van der Waals surface area contributed by atoms with E-state index in [0.717, 1.165) is 22.9 Å². The molecule has 0 aliphatic heterocycles. The molecule has 0 aliphatic rings. The Morgan fingerprint density at radius 1 is 1.21 bits per heavy atom. The molecule has 0 bridgehead atoms. The Balaban J connectivity index is 2.07. The zero-order valence-corrected chi connectivity index (χ0v) is 16.6. The van der Waals surface area contributed by atoms with Crippen LogP contribution in [0.3, 0.4) is 0 Å². The Kier molecular flexibility index (Phi) is 6.61. The highest BCUT2D eigenvalue weighted by Gasteiger charge is 2.27. The lowest BCUT2D eigenvalue weighted by molar-refractivity contribution is -0.385. The van der Waals surface area contributed by atoms with Gasteiger partial charge in [0.2, 0.25) is 5.91 Å². The van der Waals surface area contributed by atoms with Crippen LogP contribution in [0.1, 0.15) is 36.0 Å². The lowest BCUT2D eigenvalue weighted by Gasteiger charge is -2.17. The molecule has 0 fully saturated rings. The molecule has 1 amide bonds. The van der Waals surface area contributed by atoms with Gasteiger partial charge in [-0.05, 0) is 17.5 Å². The van der Waals surface area contributed by atoms with Crippen molar-refractivity contribution < 1.29 is 14.5 Å². The second-order valence-electron chi connectivity index (χ2n) is 6.85. The molecule has 1 aromatic heterocycles. The van der Waals surface area contributed by atoms with Crippen LogP contribution in [0.15, 0.2) is 48.7 Å². The average Bonchev–Trinajstić information content (AvgIpc) is 3.16. The van der Waals surface area contributed by atoms with Gasteiger partial charge >= 0.3 is 0 Å². The summed E-state index contributed by atoms with van der Waals surface area (Å²) in [5, 5.41) is 15.4. The third kappa shape index (κ3) is 4.46. The van der Waals surface area contributed by atoms with E-state index in [4.69, 9.17) is 4.74 Å². The van der Waals surface area contributed by atoms with E-state index in [2.05, 4.69) is 23.3 Å². The first-order valence-corrected chi connectivity index (χ1v) is 9.64. The predicted octanol–water partition coefficient (Wildman–Crippen LogP) is 3.92. The van der Waals surface area contributed by atoms with Crippen molar-refractivity contribution >= 4 is 22.5 Å². The van der Waals surface area contributed by atoms with Crippen molar-refractivity contribution in [2.75, 3.05) is 20.3 Å². The van der Waals surface area contributed by atoms with E-state index in [1.807, 2.05) is 18.3 Å². The molecule has 0 unspecified atom stereocenters. The molecule has 7 heteroatoms. The SMILES string of the molecule is CCc1cccc2c([C@@H](CC(=O)NCCOC)c3ccccc3[N+](=O)[O-])c[nH]c12. The number of nitro benzene ring substituents is 1. The van der Waals surface area contributed by atoms with Crippen molar-refractivity contribution in [3.8, 4) is 0 Å². The monoisotopic (exact) mass is 395 g/mol. The van der Waals surface area contributed by atoms with Gasteiger partial charge in [-0.1, -0.05) is 43.3 Å². The summed E-state index contributed by atoms with van der Waals surface area (Å²) < 4.78 is 4.98. The highest BCUT2D eigenvalue weighted by atomic mass is 16.6. The molecule has 2 N–H and O–H groups in total. The van der Waals surface area contributed by atoms with Crippen LogP contribution < -0.4 is 5.32 Å². The molecule has 0 saturated carbocycles. The fourth-order valence-corrected chi connectivity index (χ4v) is 3.71. The number of nitrogens with one attached hydrogen (secondary N) is 2. The number of para-hydroxylation sites is 2. The first kappa shape index (κ1) is 20.5. The average molecular weight is 395 g/mol. The fraction of sp³-hybridized carbons (Fsp3) is 0.318. The molecule has 2 aromatic carbocycles. The van der Waals surface area contributed by atoms with Gasteiger partial charge in [0.1, 0.15) is 0 Å². The van der Waals surface area contributed by atoms with E-state index >= 15 is 0 Å². The lowest BCUT2D eigenvalue weighted by atomic mass is 9.86. The Hall–Kier alpha value is -3.19. The zero-order valence-electron chi connectivity index (χ0n) is 16.6. The predicted molar refractivity (Wildman–Crippen MR) is 112 cm³/mol. The molecule has 0 saturated heterocycles. The number of amides is 1. The van der Waals surface area contributed by atoms with Crippen LogP contribution >= 0.6 is 0 Å². The van der Waals surface area contributed by atoms with E-state index in [1.165, 1.54) is 11.6 Å². The molecular weight excluding hydrogens is 370 g/mol. The molecule has 3 rings (SSSR count). The summed E-state index contributed by atoms with van der Waals surface area (Å²) in [5.41, 5.74) is 3.60. The maximum Gasteiger partial charge on any atom is 0.273 e. The molecule has 152 valence electrons. The minimum Gasteiger partial charge on any atom is -0.383 e. The van der Waals surface area contributed by atoms with Crippen molar-refractivity contribution in [1.82, 2.24) is 10.3 Å². The normalized spacial score (nSPS) is 12.1. The van der Waals surface area contributed by atoms with Gasteiger partial charge in [0.25, 0.3) is 5.69 Å². The number of hydrogen-bond acceptors (Lipinski definition) is 4. The largest absolute Gasteiger partial charge is 0.383 e. The summed E-state index contributed by atoms with van der Waals surface area (Å²) in [6.07, 6.45) is 2.84. The molecule has 0 aliphatic carbocycles. The number of hydrogen-bond donors (Lipinski definition) is 2. The van der Waals surface area contributed by atoms with Crippen LogP contribution in [-0.4, -0.2) is 36.1 Å². The molecule has 3 aromatic rings. The number of nitrogens with zero attached hydrogens (tertiary/aromatic N) is 1. The molecule has 29 heavy (non-hydrogen) atoms. The number of rotatable bonds is 9. The molecular formula is C22H25N3O4. The fourth-order valence-electron chi connectivity index (χ4n) is 3.71. The van der Waals surface area contributed by atoms with Crippen LogP contribution in [0.2, 0.25) is 0 Å². The Morgan fingerprint density at radius 2 is 2.00 bits per heavy atom. The number of fused-ring (bicyclic) bond motifs is 1. The van der Waals surface area contributed by atoms with Crippen LogP contribution in [0.25, 0.3) is 10.9 Å². The number of aromatic nitrogens is 1. The van der Waals surface area contributed by atoms with Gasteiger partial charge in [0.05, 0.1) is 11.5 Å². The topological polar surface area (TPSA) is 97.3 Å². The van der Waals surface area contributed by atoms with Crippen LogP contribution in [0.5, 0.6) is 0 Å². The first-order chi connectivity index (χ1) is 14.1. The maximum absolute atomic E-state index is 12.6. The van der Waals surface area contributed by atoms with Crippen molar-refractivity contribution in [2.45, 2.75) is 25.7 Å². The number of carbonyl (C=O) groups excluding carboxylic acids is 1. The summed E-state index contributed by atoms with van der Waals surface area (Å²) in [7, 11) is 1.57. The zero-order chi connectivity index (χ0) is 20.8. The number of nitro groups is 1. The van der Waals surface area contributed by atoms with Gasteiger partial charge in [-0.3, -0.25) is 14.9 Å². The van der Waals surface area contributed by atoms with Gasteiger partial charge in [-0.15, -0.1) is 0 Å². The van der Waals surface area contributed by atoms with Crippen molar-refractivity contribution in [3.63, 3.8) is 0 Å². The quantitative estimate of drug-likeness (QED) is 0.326. The number of carbonyl (C=O) groups is 1. The third-order valence-corrected chi connectivity index (χ3v) is 5.12. The van der Waals surface area contributed by atoms with Gasteiger partial charge in [-0.2, -0.15) is 0 Å². The van der Waals surface area contributed by atoms with Gasteiger partial charge in [0.15, 0.2) is 0 Å².